The van der Waals surface area contributed by atoms with Crippen LogP contribution in [-0.2, 0) is 11.2 Å². The average molecular weight is 435 g/mol. The van der Waals surface area contributed by atoms with Crippen LogP contribution in [0.25, 0.3) is 0 Å². The highest BCUT2D eigenvalue weighted by Gasteiger charge is 2.14. The zero-order valence-corrected chi connectivity index (χ0v) is 16.4. The van der Waals surface area contributed by atoms with Crippen LogP contribution in [0, 0.1) is 0 Å². The largest absolute Gasteiger partial charge is 0.469 e. The Morgan fingerprint density at radius 2 is 2.17 bits per heavy atom. The number of methoxy groups -OCH3 is 1. The molecule has 2 rings (SSSR count). The van der Waals surface area contributed by atoms with Crippen LogP contribution < -0.4 is 10.6 Å². The van der Waals surface area contributed by atoms with Crippen LogP contribution in [-0.4, -0.2) is 38.8 Å². The number of hydrogen-bond donors (Lipinski definition) is 2. The van der Waals surface area contributed by atoms with Crippen molar-refractivity contribution >= 4 is 29.9 Å². The second kappa shape index (κ2) is 12.6. The molecule has 23 heavy (non-hydrogen) atoms. The number of nitrogens with zero attached hydrogens (tertiary/aromatic N) is 1. The maximum Gasteiger partial charge on any atom is 0.191 e. The molecule has 0 saturated heterocycles. The Balaban J connectivity index is 0.00000264. The van der Waals surface area contributed by atoms with Crippen molar-refractivity contribution < 1.29 is 9.15 Å². The van der Waals surface area contributed by atoms with E-state index in [0.717, 1.165) is 44.3 Å². The summed E-state index contributed by atoms with van der Waals surface area (Å²) in [5.74, 6) is 1.93. The van der Waals surface area contributed by atoms with Gasteiger partial charge in [-0.05, 0) is 31.4 Å². The first kappa shape index (κ1) is 20.3. The number of guanidine groups is 1. The van der Waals surface area contributed by atoms with Crippen LogP contribution in [0.1, 0.15) is 44.3 Å². The smallest absolute Gasteiger partial charge is 0.191 e. The summed E-state index contributed by atoms with van der Waals surface area (Å²) in [5, 5.41) is 7.00. The van der Waals surface area contributed by atoms with Gasteiger partial charge in [0, 0.05) is 39.3 Å². The molecular formula is C17H30IN3O2. The molecule has 0 aliphatic heterocycles. The molecule has 1 aliphatic rings. The lowest BCUT2D eigenvalue weighted by molar-refractivity contribution is 0.197. The van der Waals surface area contributed by atoms with Gasteiger partial charge < -0.3 is 19.8 Å². The van der Waals surface area contributed by atoms with Crippen molar-refractivity contribution in [1.82, 2.24) is 10.6 Å². The Kier molecular flexibility index (Phi) is 11.1. The number of hydrogen-bond acceptors (Lipinski definition) is 3. The molecule has 1 saturated carbocycles. The van der Waals surface area contributed by atoms with E-state index in [1.165, 1.54) is 32.1 Å². The maximum atomic E-state index is 5.36. The molecule has 0 aromatic carbocycles. The number of ether oxygens (including phenoxy) is 1. The van der Waals surface area contributed by atoms with E-state index in [9.17, 15) is 0 Å². The van der Waals surface area contributed by atoms with Crippen molar-refractivity contribution in [2.75, 3.05) is 26.8 Å². The van der Waals surface area contributed by atoms with Crippen LogP contribution >= 0.6 is 24.0 Å². The van der Waals surface area contributed by atoms with Crippen molar-refractivity contribution in [1.29, 1.82) is 0 Å². The monoisotopic (exact) mass is 435 g/mol. The normalized spacial score (nSPS) is 16.0. The fourth-order valence-electron chi connectivity index (χ4n) is 2.75. The van der Waals surface area contributed by atoms with Crippen molar-refractivity contribution in [3.05, 3.63) is 24.2 Å². The standard InChI is InChI=1S/C17H29N3O2.HI/c1-21-13-6-11-18-17(20-15-7-3-2-4-8-15)19-12-10-16-9-5-14-22-16;/h5,9,14-15H,2-4,6-8,10-13H2,1H3,(H2,18,19,20);1H. The van der Waals surface area contributed by atoms with Gasteiger partial charge in [-0.25, -0.2) is 0 Å². The Morgan fingerprint density at radius 1 is 1.35 bits per heavy atom. The molecule has 132 valence electrons. The van der Waals surface area contributed by atoms with Crippen molar-refractivity contribution in [2.45, 2.75) is 51.0 Å². The number of halogens is 1. The molecule has 1 aromatic rings. The van der Waals surface area contributed by atoms with Gasteiger partial charge in [0.15, 0.2) is 5.96 Å². The number of furan rings is 1. The number of nitrogens with one attached hydrogen (secondary N) is 2. The molecule has 1 aromatic heterocycles. The summed E-state index contributed by atoms with van der Waals surface area (Å²) < 4.78 is 10.4. The molecule has 0 spiro atoms. The lowest BCUT2D eigenvalue weighted by atomic mass is 9.96. The molecule has 2 N–H and O–H groups in total. The molecule has 1 heterocycles. The Morgan fingerprint density at radius 3 is 2.87 bits per heavy atom. The van der Waals surface area contributed by atoms with Crippen LogP contribution in [0.15, 0.2) is 27.8 Å². The summed E-state index contributed by atoms with van der Waals surface area (Å²) in [6, 6.07) is 4.49. The van der Waals surface area contributed by atoms with Crippen LogP contribution in [0.3, 0.4) is 0 Å². The van der Waals surface area contributed by atoms with Gasteiger partial charge in [0.25, 0.3) is 0 Å². The van der Waals surface area contributed by atoms with Gasteiger partial charge in [-0.3, -0.25) is 4.99 Å². The van der Waals surface area contributed by atoms with Gasteiger partial charge in [-0.15, -0.1) is 24.0 Å². The second-order valence-corrected chi connectivity index (χ2v) is 5.81. The van der Waals surface area contributed by atoms with E-state index in [-0.39, 0.29) is 24.0 Å². The van der Waals surface area contributed by atoms with E-state index in [1.54, 1.807) is 13.4 Å². The number of aliphatic imine (C=N–C) groups is 1. The Bertz CT molecular complexity index is 417. The molecule has 5 nitrogen and oxygen atoms in total. The highest BCUT2D eigenvalue weighted by atomic mass is 127. The predicted molar refractivity (Wildman–Crippen MR) is 105 cm³/mol. The van der Waals surface area contributed by atoms with E-state index in [0.29, 0.717) is 6.04 Å². The van der Waals surface area contributed by atoms with Crippen molar-refractivity contribution in [2.24, 2.45) is 4.99 Å². The Labute approximate surface area is 156 Å². The fraction of sp³-hybridized carbons (Fsp3) is 0.706. The van der Waals surface area contributed by atoms with Gasteiger partial charge in [0.1, 0.15) is 5.76 Å². The first-order valence-electron chi connectivity index (χ1n) is 8.44. The summed E-state index contributed by atoms with van der Waals surface area (Å²) in [6.07, 6.45) is 10.0. The van der Waals surface area contributed by atoms with Crippen molar-refractivity contribution in [3.63, 3.8) is 0 Å². The van der Waals surface area contributed by atoms with Gasteiger partial charge in [0.05, 0.1) is 6.26 Å². The summed E-state index contributed by atoms with van der Waals surface area (Å²) in [6.45, 7) is 2.37. The van der Waals surface area contributed by atoms with Gasteiger partial charge in [0.2, 0.25) is 0 Å². The topological polar surface area (TPSA) is 58.8 Å². The number of rotatable bonds is 8. The van der Waals surface area contributed by atoms with Crippen LogP contribution in [0.5, 0.6) is 0 Å². The van der Waals surface area contributed by atoms with E-state index >= 15 is 0 Å². The SMILES string of the molecule is COCCCN=C(NCCc1ccco1)NC1CCCCC1.I. The molecule has 0 atom stereocenters. The van der Waals surface area contributed by atoms with Gasteiger partial charge >= 0.3 is 0 Å². The second-order valence-electron chi connectivity index (χ2n) is 5.81. The third-order valence-electron chi connectivity index (χ3n) is 3.97. The molecule has 0 bridgehead atoms. The molecule has 1 fully saturated rings. The molecule has 0 unspecified atom stereocenters. The fourth-order valence-corrected chi connectivity index (χ4v) is 2.75. The molecule has 1 aliphatic carbocycles. The van der Waals surface area contributed by atoms with Gasteiger partial charge in [-0.2, -0.15) is 0 Å². The first-order chi connectivity index (χ1) is 10.9. The zero-order chi connectivity index (χ0) is 15.5. The minimum Gasteiger partial charge on any atom is -0.469 e. The third kappa shape index (κ3) is 8.60. The maximum absolute atomic E-state index is 5.36. The van der Waals surface area contributed by atoms with E-state index in [1.807, 2.05) is 12.1 Å². The van der Waals surface area contributed by atoms with E-state index in [2.05, 4.69) is 15.6 Å². The zero-order valence-electron chi connectivity index (χ0n) is 14.1. The summed E-state index contributed by atoms with van der Waals surface area (Å²) in [4.78, 5) is 4.66. The molecule has 0 amide bonds. The lowest BCUT2D eigenvalue weighted by Gasteiger charge is -2.25. The lowest BCUT2D eigenvalue weighted by Crippen LogP contribution is -2.45. The minimum absolute atomic E-state index is 0. The summed E-state index contributed by atoms with van der Waals surface area (Å²) in [7, 11) is 1.73. The van der Waals surface area contributed by atoms with Gasteiger partial charge in [-0.1, -0.05) is 19.3 Å². The predicted octanol–water partition coefficient (Wildman–Crippen LogP) is 3.34. The molecule has 0 radical (unpaired) electrons. The molecular weight excluding hydrogens is 405 g/mol. The van der Waals surface area contributed by atoms with Crippen LogP contribution in [0.4, 0.5) is 0 Å². The first-order valence-corrected chi connectivity index (χ1v) is 8.44. The quantitative estimate of drug-likeness (QED) is 0.285. The average Bonchev–Trinajstić information content (AvgIpc) is 3.05. The summed E-state index contributed by atoms with van der Waals surface area (Å²) in [5.41, 5.74) is 0. The van der Waals surface area contributed by atoms with Crippen LogP contribution in [0.2, 0.25) is 0 Å². The Hall–Kier alpha value is -0.760. The van der Waals surface area contributed by atoms with E-state index in [4.69, 9.17) is 9.15 Å². The highest BCUT2D eigenvalue weighted by molar-refractivity contribution is 14.0. The highest BCUT2D eigenvalue weighted by Crippen LogP contribution is 2.17. The summed E-state index contributed by atoms with van der Waals surface area (Å²) >= 11 is 0. The minimum atomic E-state index is 0. The van der Waals surface area contributed by atoms with Crippen molar-refractivity contribution in [3.8, 4) is 0 Å². The third-order valence-corrected chi connectivity index (χ3v) is 3.97. The van der Waals surface area contributed by atoms with E-state index < -0.39 is 0 Å². The molecule has 6 heteroatoms.